The molecule has 0 saturated heterocycles. The second kappa shape index (κ2) is 18.9. The number of benzene rings is 7. The Labute approximate surface area is 349 Å². The summed E-state index contributed by atoms with van der Waals surface area (Å²) in [6.07, 6.45) is 0.388. The fourth-order valence-corrected chi connectivity index (χ4v) is 12.1. The molecule has 0 N–H and O–H groups in total. The molecule has 0 aromatic heterocycles. The van der Waals surface area contributed by atoms with Crippen molar-refractivity contribution in [2.75, 3.05) is 7.11 Å². The fraction of sp³-hybridized carbons (Fsp3) is 0.173. The molecule has 59 heavy (non-hydrogen) atoms. The van der Waals surface area contributed by atoms with Crippen molar-refractivity contribution in [1.82, 2.24) is 0 Å². The van der Waals surface area contributed by atoms with Crippen molar-refractivity contribution >= 4 is 24.7 Å². The van der Waals surface area contributed by atoms with Gasteiger partial charge in [0.2, 0.25) is 0 Å². The van der Waals surface area contributed by atoms with Crippen LogP contribution in [-0.2, 0) is 30.7 Å². The summed E-state index contributed by atoms with van der Waals surface area (Å²) in [6.45, 7) is 7.85. The highest BCUT2D eigenvalue weighted by molar-refractivity contribution is 6.99. The molecule has 6 nitrogen and oxygen atoms in total. The van der Waals surface area contributed by atoms with E-state index >= 15 is 0 Å². The van der Waals surface area contributed by atoms with Gasteiger partial charge in [-0.3, -0.25) is 0 Å². The van der Waals surface area contributed by atoms with Crippen LogP contribution in [0.2, 0.25) is 5.04 Å². The molecule has 0 aliphatic rings. The highest BCUT2D eigenvalue weighted by atomic mass is 28.4. The monoisotopic (exact) mass is 798 g/mol. The Morgan fingerprint density at radius 2 is 1.02 bits per heavy atom. The number of rotatable bonds is 16. The Bertz CT molecular complexity index is 2380. The molecule has 7 aromatic rings. The molecular formula is C52H50O6Si. The molecule has 0 spiro atoms. The van der Waals surface area contributed by atoms with Crippen molar-refractivity contribution in [3.8, 4) is 23.0 Å². The van der Waals surface area contributed by atoms with E-state index in [1.165, 1.54) is 10.4 Å². The Balaban J connectivity index is 1.30. The number of esters is 1. The summed E-state index contributed by atoms with van der Waals surface area (Å²) in [4.78, 5) is 13.2. The molecule has 0 unspecified atom stereocenters. The van der Waals surface area contributed by atoms with Gasteiger partial charge in [-0.2, -0.15) is 0 Å². The normalized spacial score (nSPS) is 11.5. The zero-order chi connectivity index (χ0) is 41.1. The molecule has 0 heterocycles. The minimum absolute atomic E-state index is 0.226. The Kier molecular flexibility index (Phi) is 13.1. The molecule has 0 saturated carbocycles. The number of carbonyl (C=O) groups is 1. The second-order valence-corrected chi connectivity index (χ2v) is 19.8. The van der Waals surface area contributed by atoms with Crippen molar-refractivity contribution in [3.63, 3.8) is 0 Å². The van der Waals surface area contributed by atoms with Crippen LogP contribution in [0.5, 0.6) is 23.0 Å². The fourth-order valence-electron chi connectivity index (χ4n) is 7.57. The Hall–Kier alpha value is -6.41. The molecule has 298 valence electrons. The second-order valence-electron chi connectivity index (χ2n) is 15.5. The van der Waals surface area contributed by atoms with E-state index in [0.29, 0.717) is 48.2 Å². The third-order valence-corrected chi connectivity index (χ3v) is 15.4. The summed E-state index contributed by atoms with van der Waals surface area (Å²) in [5.74, 6) is 2.01. The van der Waals surface area contributed by atoms with Crippen LogP contribution in [0, 0.1) is 0 Å². The van der Waals surface area contributed by atoms with E-state index in [1.54, 1.807) is 25.3 Å². The maximum absolute atomic E-state index is 13.2. The van der Waals surface area contributed by atoms with Gasteiger partial charge in [-0.1, -0.05) is 160 Å². The maximum atomic E-state index is 13.2. The van der Waals surface area contributed by atoms with E-state index in [2.05, 4.69) is 93.6 Å². The lowest BCUT2D eigenvalue weighted by molar-refractivity contribution is 0.0734. The van der Waals surface area contributed by atoms with Crippen LogP contribution in [-0.4, -0.2) is 21.4 Å². The quantitative estimate of drug-likeness (QED) is 0.0551. The molecule has 7 aromatic carbocycles. The Morgan fingerprint density at radius 1 is 0.525 bits per heavy atom. The van der Waals surface area contributed by atoms with Crippen molar-refractivity contribution in [2.45, 2.75) is 52.1 Å². The van der Waals surface area contributed by atoms with Gasteiger partial charge in [0.05, 0.1) is 19.3 Å². The first-order valence-corrected chi connectivity index (χ1v) is 21.8. The third kappa shape index (κ3) is 9.83. The van der Waals surface area contributed by atoms with Crippen molar-refractivity contribution in [2.24, 2.45) is 0 Å². The molecule has 7 heteroatoms. The van der Waals surface area contributed by atoms with Crippen LogP contribution in [0.4, 0.5) is 0 Å². The van der Waals surface area contributed by atoms with Gasteiger partial charge in [0.1, 0.15) is 36.2 Å². The number of carbonyl (C=O) groups excluding carboxylic acids is 1. The minimum atomic E-state index is -2.92. The first kappa shape index (κ1) is 40.8. The molecule has 0 aliphatic carbocycles. The van der Waals surface area contributed by atoms with E-state index in [4.69, 9.17) is 23.4 Å². The predicted molar refractivity (Wildman–Crippen MR) is 238 cm³/mol. The standard InChI is InChI=1S/C52H50O6Si/c1-52(2,3)59(47-26-16-8-17-27-47,48-28-18-9-19-29-48)57-38-44-35-46(55-36-39-20-10-5-11-21-39)34-43(50(44)54-4)32-42-33-45(58-51(53)41-24-14-7-15-25-41)30-31-49(42)56-37-40-22-12-6-13-23-40/h5-31,33-35H,32,36-38H2,1-4H3. The topological polar surface area (TPSA) is 63.2 Å². The maximum Gasteiger partial charge on any atom is 0.343 e. The number of methoxy groups -OCH3 is 1. The van der Waals surface area contributed by atoms with Gasteiger partial charge in [0, 0.05) is 23.1 Å². The van der Waals surface area contributed by atoms with Gasteiger partial charge in [-0.25, -0.2) is 4.79 Å². The summed E-state index contributed by atoms with van der Waals surface area (Å²) in [7, 11) is -1.22. The van der Waals surface area contributed by atoms with Crippen LogP contribution >= 0.6 is 0 Å². The first-order chi connectivity index (χ1) is 28.7. The Morgan fingerprint density at radius 3 is 1.56 bits per heavy atom. The van der Waals surface area contributed by atoms with E-state index in [0.717, 1.165) is 27.8 Å². The van der Waals surface area contributed by atoms with Gasteiger partial charge >= 0.3 is 5.97 Å². The van der Waals surface area contributed by atoms with Crippen molar-refractivity contribution in [3.05, 3.63) is 215 Å². The third-order valence-electron chi connectivity index (χ3n) is 10.4. The molecule has 0 radical (unpaired) electrons. The number of ether oxygens (including phenoxy) is 4. The van der Waals surface area contributed by atoms with E-state index in [-0.39, 0.29) is 11.6 Å². The molecule has 0 aliphatic heterocycles. The average molecular weight is 799 g/mol. The minimum Gasteiger partial charge on any atom is -0.496 e. The summed E-state index contributed by atoms with van der Waals surface area (Å²) < 4.78 is 32.7. The summed E-state index contributed by atoms with van der Waals surface area (Å²) in [5, 5.41) is 2.16. The van der Waals surface area contributed by atoms with Gasteiger partial charge in [-0.15, -0.1) is 0 Å². The molecular weight excluding hydrogens is 749 g/mol. The van der Waals surface area contributed by atoms with E-state index in [1.807, 2.05) is 91.0 Å². The zero-order valence-corrected chi connectivity index (χ0v) is 35.1. The van der Waals surface area contributed by atoms with Crippen molar-refractivity contribution < 1.29 is 28.2 Å². The van der Waals surface area contributed by atoms with Gasteiger partial charge < -0.3 is 23.4 Å². The lowest BCUT2D eigenvalue weighted by Crippen LogP contribution is -2.66. The predicted octanol–water partition coefficient (Wildman–Crippen LogP) is 10.7. The van der Waals surface area contributed by atoms with E-state index < -0.39 is 14.3 Å². The van der Waals surface area contributed by atoms with Crippen LogP contribution in [0.15, 0.2) is 182 Å². The van der Waals surface area contributed by atoms with E-state index in [9.17, 15) is 4.79 Å². The summed E-state index contributed by atoms with van der Waals surface area (Å²) in [5.41, 5.74) is 5.11. The van der Waals surface area contributed by atoms with Crippen LogP contribution in [0.3, 0.4) is 0 Å². The zero-order valence-electron chi connectivity index (χ0n) is 34.1. The molecule has 7 rings (SSSR count). The molecule has 0 bridgehead atoms. The lowest BCUT2D eigenvalue weighted by atomic mass is 9.99. The number of hydrogen-bond donors (Lipinski definition) is 0. The molecule has 0 atom stereocenters. The average Bonchev–Trinajstić information content (AvgIpc) is 3.27. The van der Waals surface area contributed by atoms with Crippen molar-refractivity contribution in [1.29, 1.82) is 0 Å². The summed E-state index contributed by atoms with van der Waals surface area (Å²) in [6, 6.07) is 59.9. The van der Waals surface area contributed by atoms with Gasteiger partial charge in [0.25, 0.3) is 8.32 Å². The number of hydrogen-bond acceptors (Lipinski definition) is 6. The van der Waals surface area contributed by atoms with Gasteiger partial charge in [-0.05, 0) is 69.0 Å². The highest BCUT2D eigenvalue weighted by Crippen LogP contribution is 2.40. The first-order valence-electron chi connectivity index (χ1n) is 19.9. The highest BCUT2D eigenvalue weighted by Gasteiger charge is 2.50. The van der Waals surface area contributed by atoms with Crippen LogP contribution in [0.25, 0.3) is 0 Å². The molecule has 0 fully saturated rings. The van der Waals surface area contributed by atoms with Crippen LogP contribution < -0.4 is 29.3 Å². The molecule has 0 amide bonds. The SMILES string of the molecule is COc1c(CO[Si](c2ccccc2)(c2ccccc2)C(C)(C)C)cc(OCc2ccccc2)cc1Cc1cc(OC(=O)c2ccccc2)ccc1OCc1ccccc1. The lowest BCUT2D eigenvalue weighted by Gasteiger charge is -2.43. The smallest absolute Gasteiger partial charge is 0.343 e. The largest absolute Gasteiger partial charge is 0.496 e. The van der Waals surface area contributed by atoms with Gasteiger partial charge in [0.15, 0.2) is 0 Å². The van der Waals surface area contributed by atoms with Crippen LogP contribution in [0.1, 0.15) is 58.9 Å². The summed E-state index contributed by atoms with van der Waals surface area (Å²) >= 11 is 0.